The molecule has 0 rings (SSSR count). The Kier molecular flexibility index (Phi) is 3.39. The molecular weight excluding hydrogens is 174 g/mol. The molecule has 0 amide bonds. The van der Waals surface area contributed by atoms with Crippen LogP contribution in [-0.4, -0.2) is 30.3 Å². The minimum Gasteiger partial charge on any atom is -0.352 e. The summed E-state index contributed by atoms with van der Waals surface area (Å²) < 4.78 is 25.0. The van der Waals surface area contributed by atoms with Crippen LogP contribution >= 0.6 is 0 Å². The van der Waals surface area contributed by atoms with Crippen LogP contribution in [0.2, 0.25) is 0 Å². The zero-order chi connectivity index (χ0) is 9.12. The smallest absolute Gasteiger partial charge is 0.283 e. The minimum atomic E-state index is -3.68. The van der Waals surface area contributed by atoms with E-state index in [0.29, 0.717) is 0 Å². The number of nitrogens with one attached hydrogen (secondary N) is 1. The summed E-state index contributed by atoms with van der Waals surface area (Å²) in [6, 6.07) is 0. The number of rotatable bonds is 4. The lowest BCUT2D eigenvalue weighted by molar-refractivity contribution is -0.216. The quantitative estimate of drug-likeness (QED) is 0.365. The molecule has 0 unspecified atom stereocenters. The van der Waals surface area contributed by atoms with Crippen molar-refractivity contribution in [3.63, 3.8) is 0 Å². The Hall–Kier alpha value is -0.210. The Morgan fingerprint density at radius 2 is 2.00 bits per heavy atom. The molecule has 3 N–H and O–H groups in total. The third-order valence-corrected chi connectivity index (χ3v) is 1.76. The van der Waals surface area contributed by atoms with E-state index in [0.717, 1.165) is 6.92 Å². The van der Waals surface area contributed by atoms with Crippen molar-refractivity contribution >= 4 is 10.1 Å². The van der Waals surface area contributed by atoms with Crippen molar-refractivity contribution in [2.75, 3.05) is 5.75 Å². The van der Waals surface area contributed by atoms with E-state index in [-0.39, 0.29) is 5.75 Å². The highest BCUT2D eigenvalue weighted by Gasteiger charge is 2.18. The molecule has 68 valence electrons. The molecule has 0 aromatic heterocycles. The third-order valence-electron chi connectivity index (χ3n) is 0.716. The average molecular weight is 185 g/mol. The molecule has 0 aliphatic carbocycles. The maximum absolute atomic E-state index is 10.5. The van der Waals surface area contributed by atoms with Gasteiger partial charge in [0, 0.05) is 6.92 Å². The zero-order valence-electron chi connectivity index (χ0n) is 6.23. The first-order valence-corrected chi connectivity index (χ1v) is 4.47. The second-order valence-electron chi connectivity index (χ2n) is 2.05. The van der Waals surface area contributed by atoms with Gasteiger partial charge in [-0.15, -0.1) is 5.48 Å². The molecule has 0 atom stereocenters. The molecule has 0 heterocycles. The fourth-order valence-electron chi connectivity index (χ4n) is 0.201. The Balaban J connectivity index is 3.91. The van der Waals surface area contributed by atoms with Gasteiger partial charge in [0.2, 0.25) is 5.91 Å². The lowest BCUT2D eigenvalue weighted by atomic mass is 10.6. The van der Waals surface area contributed by atoms with Crippen LogP contribution in [-0.2, 0) is 14.4 Å². The van der Waals surface area contributed by atoms with Gasteiger partial charge in [0.15, 0.2) is 0 Å². The maximum Gasteiger partial charge on any atom is 0.283 e. The van der Waals surface area contributed by atoms with E-state index in [1.165, 1.54) is 12.4 Å². The SMILES string of the molecule is CCS(=O)(=O)ONC(C)(O)O. The van der Waals surface area contributed by atoms with E-state index >= 15 is 0 Å². The normalized spacial score (nSPS) is 13.5. The number of hydroxylamine groups is 1. The van der Waals surface area contributed by atoms with Crippen molar-refractivity contribution in [1.29, 1.82) is 0 Å². The highest BCUT2D eigenvalue weighted by Crippen LogP contribution is 1.94. The average Bonchev–Trinajstić information content (AvgIpc) is 1.83. The van der Waals surface area contributed by atoms with Crippen LogP contribution in [0.15, 0.2) is 0 Å². The van der Waals surface area contributed by atoms with Crippen molar-refractivity contribution in [1.82, 2.24) is 5.48 Å². The Morgan fingerprint density at radius 3 is 2.27 bits per heavy atom. The van der Waals surface area contributed by atoms with Crippen molar-refractivity contribution in [2.45, 2.75) is 19.8 Å². The minimum absolute atomic E-state index is 0.240. The molecule has 0 saturated heterocycles. The summed E-state index contributed by atoms with van der Waals surface area (Å²) in [7, 11) is -3.68. The topological polar surface area (TPSA) is 95.9 Å². The summed E-state index contributed by atoms with van der Waals surface area (Å²) in [5.41, 5.74) is 1.54. The summed E-state index contributed by atoms with van der Waals surface area (Å²) in [4.78, 5) is 0. The van der Waals surface area contributed by atoms with Gasteiger partial charge in [-0.1, -0.05) is 0 Å². The van der Waals surface area contributed by atoms with Crippen LogP contribution in [0.3, 0.4) is 0 Å². The van der Waals surface area contributed by atoms with Crippen LogP contribution in [0.5, 0.6) is 0 Å². The van der Waals surface area contributed by atoms with Gasteiger partial charge in [-0.05, 0) is 6.92 Å². The summed E-state index contributed by atoms with van der Waals surface area (Å²) in [6.07, 6.45) is 0. The van der Waals surface area contributed by atoms with Gasteiger partial charge >= 0.3 is 0 Å². The Morgan fingerprint density at radius 1 is 1.55 bits per heavy atom. The maximum atomic E-state index is 10.5. The molecule has 0 aliphatic rings. The highest BCUT2D eigenvalue weighted by molar-refractivity contribution is 7.86. The summed E-state index contributed by atoms with van der Waals surface area (Å²) in [5.74, 6) is -2.58. The van der Waals surface area contributed by atoms with Gasteiger partial charge in [0.1, 0.15) is 0 Å². The number of aliphatic hydroxyl groups is 2. The molecule has 0 saturated carbocycles. The Labute approximate surface area is 64.9 Å². The summed E-state index contributed by atoms with van der Waals surface area (Å²) >= 11 is 0. The van der Waals surface area contributed by atoms with Crippen molar-refractivity contribution in [2.24, 2.45) is 0 Å². The molecule has 0 bridgehead atoms. The third kappa shape index (κ3) is 6.20. The molecule has 0 aromatic carbocycles. The lowest BCUT2D eigenvalue weighted by Gasteiger charge is -2.15. The zero-order valence-corrected chi connectivity index (χ0v) is 7.05. The fourth-order valence-corrected chi connectivity index (χ4v) is 0.604. The summed E-state index contributed by atoms with van der Waals surface area (Å²) in [5, 5.41) is 17.1. The van der Waals surface area contributed by atoms with Gasteiger partial charge in [0.25, 0.3) is 10.1 Å². The molecule has 0 aromatic rings. The fraction of sp³-hybridized carbons (Fsp3) is 1.00. The first kappa shape index (κ1) is 10.8. The predicted molar refractivity (Wildman–Crippen MR) is 36.5 cm³/mol. The van der Waals surface area contributed by atoms with E-state index in [4.69, 9.17) is 10.2 Å². The van der Waals surface area contributed by atoms with Crippen LogP contribution in [0.25, 0.3) is 0 Å². The van der Waals surface area contributed by atoms with Crippen molar-refractivity contribution in [3.8, 4) is 0 Å². The summed E-state index contributed by atoms with van der Waals surface area (Å²) in [6.45, 7) is 2.29. The van der Waals surface area contributed by atoms with E-state index in [1.54, 1.807) is 0 Å². The largest absolute Gasteiger partial charge is 0.352 e. The highest BCUT2D eigenvalue weighted by atomic mass is 32.2. The molecule has 11 heavy (non-hydrogen) atoms. The van der Waals surface area contributed by atoms with E-state index in [9.17, 15) is 8.42 Å². The van der Waals surface area contributed by atoms with Crippen LogP contribution in [0, 0.1) is 0 Å². The lowest BCUT2D eigenvalue weighted by Crippen LogP contribution is -2.43. The standard InChI is InChI=1S/C4H11NO5S/c1-3-11(8,9)10-5-4(2,6)7/h5-7H,3H2,1-2H3. The van der Waals surface area contributed by atoms with Crippen LogP contribution < -0.4 is 5.48 Å². The van der Waals surface area contributed by atoms with Crippen molar-refractivity contribution < 1.29 is 22.9 Å². The van der Waals surface area contributed by atoms with Gasteiger partial charge in [-0.3, -0.25) is 0 Å². The molecule has 0 spiro atoms. The molecule has 0 fully saturated rings. The van der Waals surface area contributed by atoms with E-state index in [2.05, 4.69) is 4.28 Å². The number of hydrogen-bond acceptors (Lipinski definition) is 6. The number of hydrogen-bond donors (Lipinski definition) is 3. The second kappa shape index (κ2) is 3.46. The molecular formula is C4H11NO5S. The van der Waals surface area contributed by atoms with Gasteiger partial charge in [-0.25, -0.2) is 0 Å². The molecule has 0 radical (unpaired) electrons. The Bertz CT molecular complexity index is 203. The van der Waals surface area contributed by atoms with Gasteiger partial charge in [-0.2, -0.15) is 12.7 Å². The van der Waals surface area contributed by atoms with E-state index in [1.807, 2.05) is 0 Å². The molecule has 7 heteroatoms. The first-order chi connectivity index (χ1) is 4.77. The van der Waals surface area contributed by atoms with Crippen LogP contribution in [0.4, 0.5) is 0 Å². The second-order valence-corrected chi connectivity index (χ2v) is 3.91. The van der Waals surface area contributed by atoms with E-state index < -0.39 is 16.0 Å². The first-order valence-electron chi connectivity index (χ1n) is 2.90. The van der Waals surface area contributed by atoms with Crippen molar-refractivity contribution in [3.05, 3.63) is 0 Å². The predicted octanol–water partition coefficient (Wildman–Crippen LogP) is -1.48. The molecule has 6 nitrogen and oxygen atoms in total. The van der Waals surface area contributed by atoms with Gasteiger partial charge in [0.05, 0.1) is 5.75 Å². The van der Waals surface area contributed by atoms with Crippen LogP contribution in [0.1, 0.15) is 13.8 Å². The monoisotopic (exact) mass is 185 g/mol. The van der Waals surface area contributed by atoms with Gasteiger partial charge < -0.3 is 10.2 Å². The molecule has 0 aliphatic heterocycles.